The predicted octanol–water partition coefficient (Wildman–Crippen LogP) is 3.13. The van der Waals surface area contributed by atoms with Crippen LogP contribution >= 0.6 is 0 Å². The van der Waals surface area contributed by atoms with Crippen LogP contribution in [0.25, 0.3) is 5.57 Å². The minimum atomic E-state index is -1.05. The zero-order chi connectivity index (χ0) is 17.3. The Morgan fingerprint density at radius 2 is 1.71 bits per heavy atom. The standard InChI is InChI=1S/C17H26FN5O/c1-9(2)19-16-21-15(12-5-4-6-13(24)14(12)18)22-17(23-16)20-10(3)11-7-8-11/h9-11,13,24H,4-8H2,1-3H3,(H2,19,20,21,22,23)/t10-,13?/m1/s1. The molecule has 1 aromatic heterocycles. The molecule has 132 valence electrons. The molecule has 1 fully saturated rings. The van der Waals surface area contributed by atoms with Gasteiger partial charge >= 0.3 is 0 Å². The smallest absolute Gasteiger partial charge is 0.228 e. The van der Waals surface area contributed by atoms with Crippen LogP contribution in [-0.4, -0.2) is 38.2 Å². The van der Waals surface area contributed by atoms with Crippen LogP contribution in [-0.2, 0) is 0 Å². The summed E-state index contributed by atoms with van der Waals surface area (Å²) in [4.78, 5) is 13.2. The first kappa shape index (κ1) is 17.1. The first-order chi connectivity index (χ1) is 11.4. The van der Waals surface area contributed by atoms with Crippen molar-refractivity contribution in [2.45, 2.75) is 71.1 Å². The van der Waals surface area contributed by atoms with Crippen LogP contribution < -0.4 is 10.6 Å². The summed E-state index contributed by atoms with van der Waals surface area (Å²) in [6.07, 6.45) is 3.09. The number of aliphatic hydroxyl groups excluding tert-OH is 1. The molecule has 0 spiro atoms. The lowest BCUT2D eigenvalue weighted by Crippen LogP contribution is -2.22. The zero-order valence-electron chi connectivity index (χ0n) is 14.5. The van der Waals surface area contributed by atoms with E-state index in [-0.39, 0.29) is 12.1 Å². The van der Waals surface area contributed by atoms with Crippen LogP contribution in [0.4, 0.5) is 16.3 Å². The Morgan fingerprint density at radius 3 is 2.33 bits per heavy atom. The van der Waals surface area contributed by atoms with Crippen molar-refractivity contribution in [1.82, 2.24) is 15.0 Å². The van der Waals surface area contributed by atoms with Crippen molar-refractivity contribution in [3.63, 3.8) is 0 Å². The fraction of sp³-hybridized carbons (Fsp3) is 0.706. The monoisotopic (exact) mass is 335 g/mol. The molecule has 2 atom stereocenters. The molecule has 0 saturated heterocycles. The highest BCUT2D eigenvalue weighted by atomic mass is 19.1. The Bertz CT molecular complexity index is 629. The molecule has 2 aliphatic carbocycles. The van der Waals surface area contributed by atoms with Gasteiger partial charge < -0.3 is 15.7 Å². The Kier molecular flexibility index (Phi) is 4.99. The molecule has 0 radical (unpaired) electrons. The average Bonchev–Trinajstić information content (AvgIpc) is 3.33. The van der Waals surface area contributed by atoms with Crippen molar-refractivity contribution in [2.24, 2.45) is 5.92 Å². The van der Waals surface area contributed by atoms with Gasteiger partial charge in [0.2, 0.25) is 11.9 Å². The lowest BCUT2D eigenvalue weighted by molar-refractivity contribution is 0.165. The van der Waals surface area contributed by atoms with Crippen LogP contribution in [0.3, 0.4) is 0 Å². The highest BCUT2D eigenvalue weighted by Gasteiger charge is 2.29. The molecule has 0 aromatic carbocycles. The molecule has 7 heteroatoms. The minimum Gasteiger partial charge on any atom is -0.386 e. The van der Waals surface area contributed by atoms with E-state index in [9.17, 15) is 9.50 Å². The van der Waals surface area contributed by atoms with Crippen LogP contribution in [0.1, 0.15) is 58.7 Å². The zero-order valence-corrected chi connectivity index (χ0v) is 14.5. The molecule has 0 bridgehead atoms. The molecular weight excluding hydrogens is 309 g/mol. The number of hydrogen-bond acceptors (Lipinski definition) is 6. The van der Waals surface area contributed by atoms with E-state index >= 15 is 0 Å². The quantitative estimate of drug-likeness (QED) is 0.741. The fourth-order valence-electron chi connectivity index (χ4n) is 2.95. The Labute approximate surface area is 142 Å². The first-order valence-electron chi connectivity index (χ1n) is 8.80. The van der Waals surface area contributed by atoms with Crippen molar-refractivity contribution in [2.75, 3.05) is 10.6 Å². The van der Waals surface area contributed by atoms with E-state index in [1.807, 2.05) is 13.8 Å². The molecule has 2 aliphatic rings. The van der Waals surface area contributed by atoms with E-state index in [4.69, 9.17) is 0 Å². The van der Waals surface area contributed by atoms with Crippen molar-refractivity contribution in [3.8, 4) is 0 Å². The van der Waals surface area contributed by atoms with Gasteiger partial charge in [-0.25, -0.2) is 4.39 Å². The summed E-state index contributed by atoms with van der Waals surface area (Å²) in [5.41, 5.74) is 0.394. The molecule has 0 amide bonds. The van der Waals surface area contributed by atoms with E-state index in [1.165, 1.54) is 12.8 Å². The third kappa shape index (κ3) is 4.01. The molecule has 1 saturated carbocycles. The third-order valence-corrected chi connectivity index (χ3v) is 4.49. The maximum absolute atomic E-state index is 14.3. The lowest BCUT2D eigenvalue weighted by atomic mass is 9.96. The highest BCUT2D eigenvalue weighted by Crippen LogP contribution is 2.35. The van der Waals surface area contributed by atoms with Gasteiger partial charge in [-0.15, -0.1) is 0 Å². The first-order valence-corrected chi connectivity index (χ1v) is 8.80. The number of anilines is 2. The van der Waals surface area contributed by atoms with E-state index < -0.39 is 11.9 Å². The molecule has 3 N–H and O–H groups in total. The van der Waals surface area contributed by atoms with Crippen LogP contribution in [0.15, 0.2) is 5.83 Å². The van der Waals surface area contributed by atoms with E-state index in [1.54, 1.807) is 0 Å². The minimum absolute atomic E-state index is 0.157. The van der Waals surface area contributed by atoms with Gasteiger partial charge in [0.25, 0.3) is 0 Å². The Balaban J connectivity index is 1.93. The van der Waals surface area contributed by atoms with Gasteiger partial charge in [-0.2, -0.15) is 15.0 Å². The maximum atomic E-state index is 14.3. The highest BCUT2D eigenvalue weighted by molar-refractivity contribution is 5.65. The number of hydrogen-bond donors (Lipinski definition) is 3. The van der Waals surface area contributed by atoms with E-state index in [0.29, 0.717) is 42.1 Å². The second-order valence-corrected chi connectivity index (χ2v) is 7.11. The molecule has 1 heterocycles. The lowest BCUT2D eigenvalue weighted by Gasteiger charge is -2.20. The second-order valence-electron chi connectivity index (χ2n) is 7.11. The molecule has 0 aliphatic heterocycles. The van der Waals surface area contributed by atoms with Gasteiger partial charge in [0, 0.05) is 17.7 Å². The topological polar surface area (TPSA) is 83.0 Å². The summed E-state index contributed by atoms with van der Waals surface area (Å²) >= 11 is 0. The van der Waals surface area contributed by atoms with Crippen LogP contribution in [0, 0.1) is 5.92 Å². The number of nitrogens with zero attached hydrogens (tertiary/aromatic N) is 3. The van der Waals surface area contributed by atoms with Gasteiger partial charge in [-0.1, -0.05) is 0 Å². The molecule has 1 unspecified atom stereocenters. The summed E-state index contributed by atoms with van der Waals surface area (Å²) in [6, 6.07) is 0.438. The number of nitrogens with one attached hydrogen (secondary N) is 2. The number of rotatable bonds is 6. The molecule has 3 rings (SSSR count). The summed E-state index contributed by atoms with van der Waals surface area (Å²) in [5.74, 6) is 1.35. The number of halogens is 1. The fourth-order valence-corrected chi connectivity index (χ4v) is 2.95. The van der Waals surface area contributed by atoms with Gasteiger partial charge in [-0.3, -0.25) is 0 Å². The molecule has 6 nitrogen and oxygen atoms in total. The van der Waals surface area contributed by atoms with Crippen molar-refractivity contribution < 1.29 is 9.50 Å². The Hall–Kier alpha value is -1.76. The third-order valence-electron chi connectivity index (χ3n) is 4.49. The van der Waals surface area contributed by atoms with Crippen LogP contribution in [0.2, 0.25) is 0 Å². The summed E-state index contributed by atoms with van der Waals surface area (Å²) < 4.78 is 14.3. The Morgan fingerprint density at radius 1 is 1.04 bits per heavy atom. The largest absolute Gasteiger partial charge is 0.386 e. The summed E-state index contributed by atoms with van der Waals surface area (Å²) in [7, 11) is 0. The second kappa shape index (κ2) is 7.01. The summed E-state index contributed by atoms with van der Waals surface area (Å²) in [6.45, 7) is 6.10. The normalized spacial score (nSPS) is 22.7. The number of aliphatic hydroxyl groups is 1. The van der Waals surface area contributed by atoms with Gasteiger partial charge in [0.15, 0.2) is 5.82 Å². The van der Waals surface area contributed by atoms with E-state index in [2.05, 4.69) is 32.5 Å². The van der Waals surface area contributed by atoms with E-state index in [0.717, 1.165) is 6.42 Å². The van der Waals surface area contributed by atoms with Gasteiger partial charge in [0.05, 0.1) is 0 Å². The van der Waals surface area contributed by atoms with Gasteiger partial charge in [-0.05, 0) is 58.8 Å². The summed E-state index contributed by atoms with van der Waals surface area (Å²) in [5, 5.41) is 16.3. The van der Waals surface area contributed by atoms with Gasteiger partial charge in [0.1, 0.15) is 11.9 Å². The average molecular weight is 335 g/mol. The molecular formula is C17H26FN5O. The number of allylic oxidation sites excluding steroid dienone is 1. The molecule has 24 heavy (non-hydrogen) atoms. The molecule has 1 aromatic rings. The van der Waals surface area contributed by atoms with Crippen molar-refractivity contribution in [3.05, 3.63) is 11.7 Å². The number of aromatic nitrogens is 3. The maximum Gasteiger partial charge on any atom is 0.228 e. The predicted molar refractivity (Wildman–Crippen MR) is 92.3 cm³/mol. The van der Waals surface area contributed by atoms with Crippen molar-refractivity contribution >= 4 is 17.5 Å². The SMILES string of the molecule is CC(C)Nc1nc(N[C@H](C)C2CC2)nc(C2=C(F)C(O)CCC2)n1. The van der Waals surface area contributed by atoms with Crippen LogP contribution in [0.5, 0.6) is 0 Å². The van der Waals surface area contributed by atoms with Crippen molar-refractivity contribution in [1.29, 1.82) is 0 Å².